The maximum Gasteiger partial charge on any atom is 0.417 e. The number of carboxylic acids is 1. The topological polar surface area (TPSA) is 56.7 Å². The average Bonchev–Trinajstić information content (AvgIpc) is 2.99. The Balaban J connectivity index is 1.72. The first-order chi connectivity index (χ1) is 21.9. The highest BCUT2D eigenvalue weighted by Crippen LogP contribution is 2.38. The van der Waals surface area contributed by atoms with Gasteiger partial charge in [0.2, 0.25) is 0 Å². The summed E-state index contributed by atoms with van der Waals surface area (Å²) in [6, 6.07) is 10.1. The Morgan fingerprint density at radius 3 is 1.83 bits per heavy atom. The molecule has 0 unspecified atom stereocenters. The largest absolute Gasteiger partial charge is 0.481 e. The number of alkyl halides is 9. The van der Waals surface area contributed by atoms with E-state index in [9.17, 15) is 44.3 Å². The van der Waals surface area contributed by atoms with Gasteiger partial charge < -0.3 is 14.9 Å². The Morgan fingerprint density at radius 2 is 1.32 bits per heavy atom. The molecule has 0 atom stereocenters. The van der Waals surface area contributed by atoms with Crippen LogP contribution in [0.1, 0.15) is 66.8 Å². The Bertz CT molecular complexity index is 1470. The maximum absolute atomic E-state index is 13.9. The molecule has 0 radical (unpaired) electrons. The van der Waals surface area contributed by atoms with Crippen LogP contribution in [0, 0.1) is 11.8 Å². The summed E-state index contributed by atoms with van der Waals surface area (Å²) >= 11 is 0. The van der Waals surface area contributed by atoms with Crippen molar-refractivity contribution in [3.05, 3.63) is 88.6 Å². The quantitative estimate of drug-likeness (QED) is 0.205. The number of halogens is 9. The van der Waals surface area contributed by atoms with Gasteiger partial charge in [-0.3, -0.25) is 4.79 Å². The zero-order valence-electron chi connectivity index (χ0n) is 25.4. The molecule has 0 saturated heterocycles. The molecule has 47 heavy (non-hydrogen) atoms. The second-order valence-electron chi connectivity index (χ2n) is 11.8. The number of hydrogen-bond acceptors (Lipinski definition) is 4. The summed E-state index contributed by atoms with van der Waals surface area (Å²) in [4.78, 5) is 18.5. The molecule has 256 valence electrons. The number of carboxylic acid groups (broad SMARTS) is 1. The highest BCUT2D eigenvalue weighted by molar-refractivity contribution is 5.67. The number of anilines is 2. The van der Waals surface area contributed by atoms with Crippen molar-refractivity contribution in [2.24, 2.45) is 11.8 Å². The number of hydrogen-bond donors (Lipinski definition) is 1. The number of pyridine rings is 1. The van der Waals surface area contributed by atoms with Gasteiger partial charge in [-0.1, -0.05) is 18.2 Å². The number of aliphatic carboxylic acids is 1. The zero-order chi connectivity index (χ0) is 34.6. The monoisotopic (exact) mass is 675 g/mol. The number of rotatable bonds is 11. The molecular formula is C33H34F9N3O2. The van der Waals surface area contributed by atoms with Crippen LogP contribution >= 0.6 is 0 Å². The number of nitrogens with zero attached hydrogens (tertiary/aromatic N) is 3. The highest BCUT2D eigenvalue weighted by Gasteiger charge is 2.37. The van der Waals surface area contributed by atoms with E-state index in [4.69, 9.17) is 5.11 Å². The van der Waals surface area contributed by atoms with Crippen molar-refractivity contribution in [1.82, 2.24) is 4.98 Å². The summed E-state index contributed by atoms with van der Waals surface area (Å²) < 4.78 is 123. The molecule has 14 heteroatoms. The first-order valence-corrected chi connectivity index (χ1v) is 15.0. The van der Waals surface area contributed by atoms with Gasteiger partial charge in [0.25, 0.3) is 0 Å². The fourth-order valence-electron chi connectivity index (χ4n) is 6.02. The summed E-state index contributed by atoms with van der Waals surface area (Å²) in [7, 11) is 0. The molecule has 1 N–H and O–H groups in total. The minimum atomic E-state index is -5.07. The Hall–Kier alpha value is -3.97. The molecular weight excluding hydrogens is 641 g/mol. The maximum atomic E-state index is 13.9. The minimum absolute atomic E-state index is 0.0272. The number of para-hydroxylation sites is 1. The van der Waals surface area contributed by atoms with Gasteiger partial charge in [0, 0.05) is 50.0 Å². The lowest BCUT2D eigenvalue weighted by Gasteiger charge is -2.34. The third-order valence-corrected chi connectivity index (χ3v) is 8.36. The van der Waals surface area contributed by atoms with Crippen molar-refractivity contribution in [3.63, 3.8) is 0 Å². The molecule has 0 amide bonds. The van der Waals surface area contributed by atoms with E-state index in [-0.39, 0.29) is 47.8 Å². The average molecular weight is 676 g/mol. The van der Waals surface area contributed by atoms with Gasteiger partial charge in [0.05, 0.1) is 16.7 Å². The van der Waals surface area contributed by atoms with Crippen molar-refractivity contribution in [1.29, 1.82) is 0 Å². The molecule has 0 bridgehead atoms. The van der Waals surface area contributed by atoms with Crippen LogP contribution in [-0.2, 0) is 36.4 Å². The summed E-state index contributed by atoms with van der Waals surface area (Å²) in [5.41, 5.74) is -3.91. The Labute approximate surface area is 266 Å². The van der Waals surface area contributed by atoms with Gasteiger partial charge >= 0.3 is 24.5 Å². The van der Waals surface area contributed by atoms with Crippen LogP contribution in [0.4, 0.5) is 51.0 Å². The SMILES string of the molecule is CCN(C[C@H]1CC[C@H](CC(=O)O)CC1)c1ncc(C(F)(F)F)cc1CN(Cc1cc(C(F)(F)F)cc(C(F)(F)F)c1)c1ccccc1. The van der Waals surface area contributed by atoms with Crippen LogP contribution in [0.2, 0.25) is 0 Å². The fourth-order valence-corrected chi connectivity index (χ4v) is 6.02. The van der Waals surface area contributed by atoms with Gasteiger partial charge in [-0.05, 0) is 86.4 Å². The molecule has 1 saturated carbocycles. The van der Waals surface area contributed by atoms with E-state index in [1.54, 1.807) is 37.3 Å². The summed E-state index contributed by atoms with van der Waals surface area (Å²) in [5, 5.41) is 9.12. The summed E-state index contributed by atoms with van der Waals surface area (Å²) in [6.07, 6.45) is -11.3. The van der Waals surface area contributed by atoms with Gasteiger partial charge in [0.1, 0.15) is 5.82 Å². The molecule has 4 rings (SSSR count). The first kappa shape index (κ1) is 35.9. The Morgan fingerprint density at radius 1 is 0.766 bits per heavy atom. The fraction of sp³-hybridized carbons (Fsp3) is 0.455. The third-order valence-electron chi connectivity index (χ3n) is 8.36. The van der Waals surface area contributed by atoms with Crippen LogP contribution in [0.25, 0.3) is 0 Å². The van der Waals surface area contributed by atoms with Gasteiger partial charge in [-0.25, -0.2) is 4.98 Å². The normalized spacial score (nSPS) is 17.4. The predicted molar refractivity (Wildman–Crippen MR) is 158 cm³/mol. The van der Waals surface area contributed by atoms with Gasteiger partial charge in [0.15, 0.2) is 0 Å². The van der Waals surface area contributed by atoms with E-state index in [0.29, 0.717) is 49.9 Å². The standard InChI is InChI=1S/C33H34F9N3O2/c1-2-44(18-22-10-8-21(9-11-22)14-29(46)47)30-24(15-27(17-43-30)33(40,41)42)20-45(28-6-4-3-5-7-28)19-23-12-25(31(34,35)36)16-26(13-23)32(37,38)39/h3-7,12-13,15-17,21-22H,2,8-11,14,18-20H2,1H3,(H,46,47)/t21-,22-. The lowest BCUT2D eigenvalue weighted by molar-refractivity contribution is -0.143. The first-order valence-electron chi connectivity index (χ1n) is 15.0. The van der Waals surface area contributed by atoms with E-state index in [2.05, 4.69) is 4.98 Å². The van der Waals surface area contributed by atoms with E-state index in [1.807, 2.05) is 4.90 Å². The second-order valence-corrected chi connectivity index (χ2v) is 11.8. The van der Waals surface area contributed by atoms with Crippen LogP contribution in [0.3, 0.4) is 0 Å². The van der Waals surface area contributed by atoms with Crippen LogP contribution in [-0.4, -0.2) is 29.1 Å². The van der Waals surface area contributed by atoms with Crippen molar-refractivity contribution in [3.8, 4) is 0 Å². The summed E-state index contributed by atoms with van der Waals surface area (Å²) in [5.74, 6) is -0.487. The van der Waals surface area contributed by atoms with Crippen molar-refractivity contribution >= 4 is 17.5 Å². The van der Waals surface area contributed by atoms with Gasteiger partial charge in [-0.2, -0.15) is 39.5 Å². The van der Waals surface area contributed by atoms with E-state index < -0.39 is 47.7 Å². The van der Waals surface area contributed by atoms with Crippen molar-refractivity contribution in [2.45, 2.75) is 70.6 Å². The molecule has 2 aromatic carbocycles. The summed E-state index contributed by atoms with van der Waals surface area (Å²) in [6.45, 7) is 1.79. The zero-order valence-corrected chi connectivity index (χ0v) is 25.4. The molecule has 5 nitrogen and oxygen atoms in total. The molecule has 0 aliphatic heterocycles. The van der Waals surface area contributed by atoms with Gasteiger partial charge in [-0.15, -0.1) is 0 Å². The predicted octanol–water partition coefficient (Wildman–Crippen LogP) is 9.45. The molecule has 1 aliphatic carbocycles. The number of carbonyl (C=O) groups is 1. The van der Waals surface area contributed by atoms with E-state index in [0.717, 1.165) is 18.9 Å². The van der Waals surface area contributed by atoms with Crippen LogP contribution < -0.4 is 9.80 Å². The second kappa shape index (κ2) is 14.4. The van der Waals surface area contributed by atoms with Crippen molar-refractivity contribution < 1.29 is 49.4 Å². The smallest absolute Gasteiger partial charge is 0.417 e. The lowest BCUT2D eigenvalue weighted by atomic mass is 9.80. The van der Waals surface area contributed by atoms with Crippen LogP contribution in [0.5, 0.6) is 0 Å². The molecule has 1 heterocycles. The van der Waals surface area contributed by atoms with Crippen molar-refractivity contribution in [2.75, 3.05) is 22.9 Å². The van der Waals surface area contributed by atoms with E-state index >= 15 is 0 Å². The number of benzene rings is 2. The number of aromatic nitrogens is 1. The molecule has 1 aliphatic rings. The third kappa shape index (κ3) is 9.77. The van der Waals surface area contributed by atoms with E-state index in [1.165, 1.54) is 4.90 Å². The lowest BCUT2D eigenvalue weighted by Crippen LogP contribution is -2.34. The van der Waals surface area contributed by atoms with Crippen LogP contribution in [0.15, 0.2) is 60.8 Å². The Kier molecular flexibility index (Phi) is 11.0. The molecule has 0 spiro atoms. The molecule has 1 aromatic heterocycles. The molecule has 3 aromatic rings. The molecule has 1 fully saturated rings. The highest BCUT2D eigenvalue weighted by atomic mass is 19.4. The minimum Gasteiger partial charge on any atom is -0.481 e.